The molecule has 0 aliphatic rings. The summed E-state index contributed by atoms with van der Waals surface area (Å²) in [5.41, 5.74) is 0.752. The Morgan fingerprint density at radius 1 is 1.14 bits per heavy atom. The lowest BCUT2D eigenvalue weighted by atomic mass is 10.2. The summed E-state index contributed by atoms with van der Waals surface area (Å²) in [6.07, 6.45) is 0. The van der Waals surface area contributed by atoms with Crippen LogP contribution in [0.3, 0.4) is 0 Å². The summed E-state index contributed by atoms with van der Waals surface area (Å²) in [6, 6.07) is 12.0. The second kappa shape index (κ2) is 8.99. The number of fused-ring (bicyclic) bond motifs is 1. The fraction of sp³-hybridized carbons (Fsp3) is 0.250. The molecule has 0 atom stereocenters. The molecular formula is C20H19Cl2N3O2S. The maximum atomic E-state index is 13.2. The third kappa shape index (κ3) is 4.19. The standard InChI is InChI=1S/C20H19Cl2N3O2S/c1-3-24(4-2)18(26)12-28-20-23-16-8-6-5-7-14(16)19(27)25(20)17-11-13(21)9-10-15(17)22/h5-11H,3-4,12H2,1-2H3. The zero-order valence-corrected chi connectivity index (χ0v) is 17.8. The Labute approximate surface area is 177 Å². The molecule has 8 heteroatoms. The lowest BCUT2D eigenvalue weighted by Crippen LogP contribution is -2.32. The molecule has 3 rings (SSSR count). The molecule has 1 heterocycles. The minimum Gasteiger partial charge on any atom is -0.343 e. The first-order valence-electron chi connectivity index (χ1n) is 8.84. The van der Waals surface area contributed by atoms with Gasteiger partial charge in [0.1, 0.15) is 0 Å². The molecule has 0 saturated carbocycles. The summed E-state index contributed by atoms with van der Waals surface area (Å²) in [5, 5.41) is 1.70. The highest BCUT2D eigenvalue weighted by molar-refractivity contribution is 7.99. The van der Waals surface area contributed by atoms with Crippen molar-refractivity contribution >= 4 is 51.8 Å². The molecule has 2 aromatic carbocycles. The lowest BCUT2D eigenvalue weighted by molar-refractivity contribution is -0.127. The molecule has 0 saturated heterocycles. The van der Waals surface area contributed by atoms with Gasteiger partial charge in [0, 0.05) is 18.1 Å². The van der Waals surface area contributed by atoms with Crippen molar-refractivity contribution in [1.82, 2.24) is 14.5 Å². The number of hydrogen-bond donors (Lipinski definition) is 0. The molecule has 0 N–H and O–H groups in total. The summed E-state index contributed by atoms with van der Waals surface area (Å²) in [4.78, 5) is 32.0. The van der Waals surface area contributed by atoms with E-state index >= 15 is 0 Å². The van der Waals surface area contributed by atoms with E-state index in [1.54, 1.807) is 41.3 Å². The Bertz CT molecular complexity index is 1080. The van der Waals surface area contributed by atoms with Gasteiger partial charge in [-0.2, -0.15) is 0 Å². The monoisotopic (exact) mass is 435 g/mol. The van der Waals surface area contributed by atoms with Gasteiger partial charge in [0.05, 0.1) is 27.4 Å². The fourth-order valence-electron chi connectivity index (χ4n) is 2.87. The van der Waals surface area contributed by atoms with Crippen LogP contribution in [0.4, 0.5) is 0 Å². The average molecular weight is 436 g/mol. The molecule has 1 amide bonds. The van der Waals surface area contributed by atoms with Crippen molar-refractivity contribution in [3.63, 3.8) is 0 Å². The van der Waals surface area contributed by atoms with Crippen LogP contribution in [-0.2, 0) is 4.79 Å². The van der Waals surface area contributed by atoms with Crippen molar-refractivity contribution in [2.24, 2.45) is 0 Å². The molecule has 0 radical (unpaired) electrons. The number of aromatic nitrogens is 2. The Morgan fingerprint density at radius 2 is 1.86 bits per heavy atom. The van der Waals surface area contributed by atoms with Gasteiger partial charge in [-0.3, -0.25) is 14.2 Å². The minimum atomic E-state index is -0.257. The van der Waals surface area contributed by atoms with Crippen molar-refractivity contribution in [1.29, 1.82) is 0 Å². The number of para-hydroxylation sites is 1. The van der Waals surface area contributed by atoms with Gasteiger partial charge in [0.15, 0.2) is 5.16 Å². The highest BCUT2D eigenvalue weighted by atomic mass is 35.5. The van der Waals surface area contributed by atoms with Gasteiger partial charge in [-0.15, -0.1) is 0 Å². The molecule has 0 fully saturated rings. The molecule has 1 aromatic heterocycles. The number of hydrogen-bond acceptors (Lipinski definition) is 4. The predicted octanol–water partition coefficient (Wildman–Crippen LogP) is 4.65. The first-order chi connectivity index (χ1) is 13.5. The number of carbonyl (C=O) groups excluding carboxylic acids is 1. The first kappa shape index (κ1) is 20.7. The average Bonchev–Trinajstić information content (AvgIpc) is 2.69. The van der Waals surface area contributed by atoms with E-state index in [0.717, 1.165) is 0 Å². The van der Waals surface area contributed by atoms with E-state index in [-0.39, 0.29) is 17.2 Å². The van der Waals surface area contributed by atoms with Crippen LogP contribution in [0, 0.1) is 0 Å². The van der Waals surface area contributed by atoms with Gasteiger partial charge in [-0.25, -0.2) is 4.98 Å². The highest BCUT2D eigenvalue weighted by Crippen LogP contribution is 2.28. The van der Waals surface area contributed by atoms with Gasteiger partial charge >= 0.3 is 0 Å². The largest absolute Gasteiger partial charge is 0.343 e. The van der Waals surface area contributed by atoms with E-state index < -0.39 is 0 Å². The van der Waals surface area contributed by atoms with Crippen LogP contribution in [0.1, 0.15) is 13.8 Å². The molecule has 0 unspecified atom stereocenters. The second-order valence-electron chi connectivity index (χ2n) is 6.00. The number of nitrogens with zero attached hydrogens (tertiary/aromatic N) is 3. The molecule has 28 heavy (non-hydrogen) atoms. The predicted molar refractivity (Wildman–Crippen MR) is 116 cm³/mol. The Morgan fingerprint density at radius 3 is 2.57 bits per heavy atom. The third-order valence-electron chi connectivity index (χ3n) is 4.33. The summed E-state index contributed by atoms with van der Waals surface area (Å²) in [7, 11) is 0. The van der Waals surface area contributed by atoms with Crippen LogP contribution in [0.2, 0.25) is 10.0 Å². The van der Waals surface area contributed by atoms with Crippen molar-refractivity contribution in [3.05, 3.63) is 62.9 Å². The minimum absolute atomic E-state index is 0.0128. The third-order valence-corrected chi connectivity index (χ3v) is 5.81. The highest BCUT2D eigenvalue weighted by Gasteiger charge is 2.18. The van der Waals surface area contributed by atoms with Gasteiger partial charge < -0.3 is 4.90 Å². The maximum absolute atomic E-state index is 13.2. The summed E-state index contributed by atoms with van der Waals surface area (Å²) in [6.45, 7) is 5.13. The summed E-state index contributed by atoms with van der Waals surface area (Å²) >= 11 is 13.7. The van der Waals surface area contributed by atoms with E-state index in [2.05, 4.69) is 4.98 Å². The van der Waals surface area contributed by atoms with E-state index in [9.17, 15) is 9.59 Å². The van der Waals surface area contributed by atoms with Gasteiger partial charge in [0.25, 0.3) is 5.56 Å². The topological polar surface area (TPSA) is 55.2 Å². The normalized spacial score (nSPS) is 11.0. The smallest absolute Gasteiger partial charge is 0.266 e. The van der Waals surface area contributed by atoms with Crippen molar-refractivity contribution in [2.75, 3.05) is 18.8 Å². The SMILES string of the molecule is CCN(CC)C(=O)CSc1nc2ccccc2c(=O)n1-c1cc(Cl)ccc1Cl. The van der Waals surface area contributed by atoms with Gasteiger partial charge in [-0.1, -0.05) is 47.1 Å². The molecule has 5 nitrogen and oxygen atoms in total. The first-order valence-corrected chi connectivity index (χ1v) is 10.6. The van der Waals surface area contributed by atoms with E-state index in [0.29, 0.717) is 44.9 Å². The molecule has 0 aliphatic heterocycles. The second-order valence-corrected chi connectivity index (χ2v) is 7.79. The van der Waals surface area contributed by atoms with Crippen LogP contribution in [-0.4, -0.2) is 39.2 Å². The zero-order chi connectivity index (χ0) is 20.3. The number of rotatable bonds is 6. The number of benzene rings is 2. The Balaban J connectivity index is 2.14. The van der Waals surface area contributed by atoms with Crippen molar-refractivity contribution < 1.29 is 4.79 Å². The summed E-state index contributed by atoms with van der Waals surface area (Å²) in [5.74, 6) is 0.158. The van der Waals surface area contributed by atoms with Crippen LogP contribution >= 0.6 is 35.0 Å². The number of thioether (sulfide) groups is 1. The molecule has 0 bridgehead atoms. The van der Waals surface area contributed by atoms with Crippen LogP contribution in [0.15, 0.2) is 52.4 Å². The lowest BCUT2D eigenvalue weighted by Gasteiger charge is -2.19. The molecule has 146 valence electrons. The van der Waals surface area contributed by atoms with E-state index in [1.165, 1.54) is 16.3 Å². The Kier molecular flexibility index (Phi) is 6.65. The maximum Gasteiger partial charge on any atom is 0.266 e. The number of amides is 1. The van der Waals surface area contributed by atoms with Crippen LogP contribution in [0.25, 0.3) is 16.6 Å². The fourth-order valence-corrected chi connectivity index (χ4v) is 4.15. The van der Waals surface area contributed by atoms with Crippen LogP contribution < -0.4 is 5.56 Å². The Hall–Kier alpha value is -2.02. The quantitative estimate of drug-likeness (QED) is 0.417. The van der Waals surface area contributed by atoms with Crippen molar-refractivity contribution in [3.8, 4) is 5.69 Å². The number of carbonyl (C=O) groups is 1. The number of halogens is 2. The van der Waals surface area contributed by atoms with Gasteiger partial charge in [-0.05, 0) is 44.2 Å². The van der Waals surface area contributed by atoms with Crippen LogP contribution in [0.5, 0.6) is 0 Å². The zero-order valence-electron chi connectivity index (χ0n) is 15.5. The summed E-state index contributed by atoms with van der Waals surface area (Å²) < 4.78 is 1.43. The van der Waals surface area contributed by atoms with E-state index in [4.69, 9.17) is 23.2 Å². The molecule has 0 aliphatic carbocycles. The van der Waals surface area contributed by atoms with Gasteiger partial charge in [0.2, 0.25) is 5.91 Å². The van der Waals surface area contributed by atoms with Crippen molar-refractivity contribution in [2.45, 2.75) is 19.0 Å². The molecule has 0 spiro atoms. The molecular weight excluding hydrogens is 417 g/mol. The van der Waals surface area contributed by atoms with E-state index in [1.807, 2.05) is 19.9 Å². The molecule has 3 aromatic rings.